The molecule has 1 heterocycles. The molecule has 0 aliphatic heterocycles. The average molecular weight is 307 g/mol. The van der Waals surface area contributed by atoms with Gasteiger partial charge in [0.1, 0.15) is 5.56 Å². The zero-order chi connectivity index (χ0) is 15.4. The highest BCUT2D eigenvalue weighted by Gasteiger charge is 2.16. The third kappa shape index (κ3) is 3.31. The van der Waals surface area contributed by atoms with Gasteiger partial charge >= 0.3 is 5.97 Å². The highest BCUT2D eigenvalue weighted by atomic mass is 35.5. The number of hydrogen-bond acceptors (Lipinski definition) is 3. The molecule has 1 aromatic carbocycles. The molecule has 0 saturated heterocycles. The summed E-state index contributed by atoms with van der Waals surface area (Å²) in [5.74, 6) is -1.26. The van der Waals surface area contributed by atoms with Crippen LogP contribution in [0.3, 0.4) is 0 Å². The van der Waals surface area contributed by atoms with Crippen LogP contribution in [0.2, 0.25) is 5.02 Å². The Balaban J connectivity index is 2.62. The van der Waals surface area contributed by atoms with Gasteiger partial charge in [-0.25, -0.2) is 9.48 Å². The van der Waals surface area contributed by atoms with Crippen molar-refractivity contribution in [2.45, 2.75) is 26.3 Å². The highest BCUT2D eigenvalue weighted by molar-refractivity contribution is 6.33. The lowest BCUT2D eigenvalue weighted by Gasteiger charge is -2.09. The molecule has 0 unspecified atom stereocenters. The number of aromatic nitrogens is 2. The molecule has 0 bridgehead atoms. The topological polar surface area (TPSA) is 72.2 Å². The Morgan fingerprint density at radius 1 is 1.38 bits per heavy atom. The van der Waals surface area contributed by atoms with E-state index in [0.29, 0.717) is 22.8 Å². The molecule has 0 atom stereocenters. The summed E-state index contributed by atoms with van der Waals surface area (Å²) in [6, 6.07) is 8.27. The molecule has 1 aromatic heterocycles. The van der Waals surface area contributed by atoms with Crippen LogP contribution in [-0.2, 0) is 6.54 Å². The number of nitrogens with zero attached hydrogens (tertiary/aromatic N) is 2. The molecule has 6 heteroatoms. The maximum Gasteiger partial charge on any atom is 0.341 e. The van der Waals surface area contributed by atoms with Gasteiger partial charge in [-0.1, -0.05) is 43.1 Å². The second-order valence-corrected chi connectivity index (χ2v) is 5.02. The molecule has 5 nitrogen and oxygen atoms in total. The lowest BCUT2D eigenvalue weighted by Crippen LogP contribution is -2.29. The first-order valence-electron chi connectivity index (χ1n) is 6.65. The Morgan fingerprint density at radius 2 is 2.10 bits per heavy atom. The van der Waals surface area contributed by atoms with Crippen molar-refractivity contribution in [3.8, 4) is 11.3 Å². The Bertz CT molecular complexity index is 725. The molecule has 0 spiro atoms. The molecule has 0 fully saturated rings. The highest BCUT2D eigenvalue weighted by Crippen LogP contribution is 2.25. The van der Waals surface area contributed by atoms with Crippen LogP contribution in [0.4, 0.5) is 0 Å². The number of hydrogen-bond donors (Lipinski definition) is 1. The van der Waals surface area contributed by atoms with Gasteiger partial charge in [-0.05, 0) is 18.6 Å². The SMILES string of the molecule is CCCCn1nc(-c2ccccc2Cl)cc(C(=O)O)c1=O. The van der Waals surface area contributed by atoms with Crippen molar-refractivity contribution in [2.75, 3.05) is 0 Å². The molecular weight excluding hydrogens is 292 g/mol. The minimum absolute atomic E-state index is 0.295. The number of halogens is 1. The molecule has 0 aliphatic carbocycles. The summed E-state index contributed by atoms with van der Waals surface area (Å²) >= 11 is 6.11. The van der Waals surface area contributed by atoms with Crippen molar-refractivity contribution in [3.63, 3.8) is 0 Å². The van der Waals surface area contributed by atoms with Crippen molar-refractivity contribution in [3.05, 3.63) is 51.3 Å². The summed E-state index contributed by atoms with van der Waals surface area (Å²) < 4.78 is 1.20. The molecule has 1 N–H and O–H groups in total. The fourth-order valence-corrected chi connectivity index (χ4v) is 2.19. The number of carboxylic acids is 1. The van der Waals surface area contributed by atoms with Crippen LogP contribution in [-0.4, -0.2) is 20.9 Å². The van der Waals surface area contributed by atoms with Crippen molar-refractivity contribution in [2.24, 2.45) is 0 Å². The summed E-state index contributed by atoms with van der Waals surface area (Å²) in [5, 5.41) is 13.9. The second-order valence-electron chi connectivity index (χ2n) is 4.61. The number of benzene rings is 1. The maximum atomic E-state index is 12.1. The number of aryl methyl sites for hydroxylation is 1. The van der Waals surface area contributed by atoms with Gasteiger partial charge < -0.3 is 5.11 Å². The van der Waals surface area contributed by atoms with Crippen molar-refractivity contribution < 1.29 is 9.90 Å². The molecule has 2 aromatic rings. The van der Waals surface area contributed by atoms with Crippen LogP contribution in [0.25, 0.3) is 11.3 Å². The van der Waals surface area contributed by atoms with Gasteiger partial charge in [-0.15, -0.1) is 0 Å². The normalized spacial score (nSPS) is 10.6. The van der Waals surface area contributed by atoms with Gasteiger partial charge in [0.25, 0.3) is 5.56 Å². The molecule has 2 rings (SSSR count). The summed E-state index contributed by atoms with van der Waals surface area (Å²) in [7, 11) is 0. The zero-order valence-electron chi connectivity index (χ0n) is 11.5. The van der Waals surface area contributed by atoms with E-state index in [1.807, 2.05) is 6.92 Å². The Labute approximate surface area is 126 Å². The summed E-state index contributed by atoms with van der Waals surface area (Å²) in [6.45, 7) is 2.37. The van der Waals surface area contributed by atoms with Crippen molar-refractivity contribution in [1.29, 1.82) is 0 Å². The Kier molecular flexibility index (Phi) is 4.75. The van der Waals surface area contributed by atoms with Crippen LogP contribution in [0, 0.1) is 0 Å². The first kappa shape index (κ1) is 15.3. The summed E-state index contributed by atoms with van der Waals surface area (Å²) in [5.41, 5.74) is 0.100. The first-order chi connectivity index (χ1) is 10.0. The van der Waals surface area contributed by atoms with Crippen molar-refractivity contribution in [1.82, 2.24) is 9.78 Å². The Morgan fingerprint density at radius 3 is 2.71 bits per heavy atom. The predicted molar refractivity (Wildman–Crippen MR) is 80.8 cm³/mol. The molecule has 0 saturated carbocycles. The van der Waals surface area contributed by atoms with Gasteiger partial charge in [0.15, 0.2) is 0 Å². The average Bonchev–Trinajstić information content (AvgIpc) is 2.46. The number of carbonyl (C=O) groups is 1. The smallest absolute Gasteiger partial charge is 0.341 e. The lowest BCUT2D eigenvalue weighted by molar-refractivity contribution is 0.0693. The van der Waals surface area contributed by atoms with Gasteiger partial charge in [0.05, 0.1) is 10.7 Å². The van der Waals surface area contributed by atoms with Crippen LogP contribution in [0.1, 0.15) is 30.1 Å². The van der Waals surface area contributed by atoms with E-state index in [-0.39, 0.29) is 5.56 Å². The first-order valence-corrected chi connectivity index (χ1v) is 7.02. The molecular formula is C15H15ClN2O3. The van der Waals surface area contributed by atoms with Crippen LogP contribution in [0.5, 0.6) is 0 Å². The van der Waals surface area contributed by atoms with E-state index in [4.69, 9.17) is 11.6 Å². The number of carboxylic acid groups (broad SMARTS) is 1. The van der Waals surface area contributed by atoms with E-state index in [0.717, 1.165) is 12.8 Å². The second kappa shape index (κ2) is 6.54. The largest absolute Gasteiger partial charge is 0.477 e. The van der Waals surface area contributed by atoms with E-state index in [1.165, 1.54) is 10.7 Å². The summed E-state index contributed by atoms with van der Waals surface area (Å²) in [4.78, 5) is 23.3. The number of unbranched alkanes of at least 4 members (excludes halogenated alkanes) is 1. The van der Waals surface area contributed by atoms with Crippen molar-refractivity contribution >= 4 is 17.6 Å². The van der Waals surface area contributed by atoms with Crippen LogP contribution in [0.15, 0.2) is 35.1 Å². The minimum Gasteiger partial charge on any atom is -0.477 e. The van der Waals surface area contributed by atoms with Gasteiger partial charge in [-0.2, -0.15) is 5.10 Å². The van der Waals surface area contributed by atoms with E-state index >= 15 is 0 Å². The third-order valence-corrected chi connectivity index (χ3v) is 3.41. The van der Waals surface area contributed by atoms with E-state index in [1.54, 1.807) is 24.3 Å². The van der Waals surface area contributed by atoms with Gasteiger partial charge in [0.2, 0.25) is 0 Å². The maximum absolute atomic E-state index is 12.1. The van der Waals surface area contributed by atoms with Gasteiger partial charge in [-0.3, -0.25) is 4.79 Å². The minimum atomic E-state index is -1.26. The quantitative estimate of drug-likeness (QED) is 0.921. The number of rotatable bonds is 5. The summed E-state index contributed by atoms with van der Waals surface area (Å²) in [6.07, 6.45) is 1.63. The number of aromatic carboxylic acids is 1. The predicted octanol–water partition coefficient (Wildman–Crippen LogP) is 3.06. The third-order valence-electron chi connectivity index (χ3n) is 3.08. The van der Waals surface area contributed by atoms with Gasteiger partial charge in [0, 0.05) is 12.1 Å². The molecule has 0 amide bonds. The lowest BCUT2D eigenvalue weighted by atomic mass is 10.1. The standard InChI is InChI=1S/C15H15ClN2O3/c1-2-3-8-18-14(19)11(15(20)21)9-13(17-18)10-6-4-5-7-12(10)16/h4-7,9H,2-3,8H2,1H3,(H,20,21). The fourth-order valence-electron chi connectivity index (χ4n) is 1.96. The molecule has 0 radical (unpaired) electrons. The molecule has 110 valence electrons. The van der Waals surface area contributed by atoms with Crippen LogP contribution < -0.4 is 5.56 Å². The van der Waals surface area contributed by atoms with E-state index in [2.05, 4.69) is 5.10 Å². The Hall–Kier alpha value is -2.14. The fraction of sp³-hybridized carbons (Fsp3) is 0.267. The van der Waals surface area contributed by atoms with Crippen LogP contribution >= 0.6 is 11.6 Å². The zero-order valence-corrected chi connectivity index (χ0v) is 12.3. The monoisotopic (exact) mass is 306 g/mol. The van der Waals surface area contributed by atoms with E-state index < -0.39 is 11.5 Å². The van der Waals surface area contributed by atoms with E-state index in [9.17, 15) is 14.7 Å². The molecule has 21 heavy (non-hydrogen) atoms. The molecule has 0 aliphatic rings.